The van der Waals surface area contributed by atoms with Crippen LogP contribution in [-0.4, -0.2) is 59.1 Å². The molecule has 6 N–H and O–H groups in total. The first-order valence-electron chi connectivity index (χ1n) is 15.0. The fraction of sp³-hybridized carbons (Fsp3) is 0.364. The van der Waals surface area contributed by atoms with Gasteiger partial charge in [0, 0.05) is 34.9 Å². The minimum Gasteiger partial charge on any atom is -0.343 e. The Morgan fingerprint density at radius 2 is 1.50 bits per heavy atom. The summed E-state index contributed by atoms with van der Waals surface area (Å²) in [5.74, 6) is -2.23. The van der Waals surface area contributed by atoms with Crippen molar-refractivity contribution >= 4 is 46.0 Å². The van der Waals surface area contributed by atoms with Crippen molar-refractivity contribution in [1.29, 1.82) is 0 Å². The Kier molecular flexibility index (Phi) is 10.7. The van der Waals surface area contributed by atoms with Gasteiger partial charge in [-0.15, -0.1) is 0 Å². The van der Waals surface area contributed by atoms with Gasteiger partial charge in [0.25, 0.3) is 17.7 Å². The number of hydrogen-bond acceptors (Lipinski definition) is 7. The molecule has 3 atom stereocenters. The second kappa shape index (κ2) is 14.6. The summed E-state index contributed by atoms with van der Waals surface area (Å²) in [5.41, 5.74) is 13.4. The van der Waals surface area contributed by atoms with Gasteiger partial charge in [0.2, 0.25) is 11.8 Å². The van der Waals surface area contributed by atoms with E-state index >= 15 is 0 Å². The van der Waals surface area contributed by atoms with Crippen LogP contribution in [0.3, 0.4) is 0 Å². The summed E-state index contributed by atoms with van der Waals surface area (Å²) in [4.78, 5) is 66.3. The molecule has 0 radical (unpaired) electrons. The van der Waals surface area contributed by atoms with Crippen molar-refractivity contribution in [1.82, 2.24) is 21.0 Å². The molecule has 44 heavy (non-hydrogen) atoms. The molecule has 1 aliphatic heterocycles. The summed E-state index contributed by atoms with van der Waals surface area (Å²) < 4.78 is 0. The van der Waals surface area contributed by atoms with E-state index in [1.807, 2.05) is 30.3 Å². The summed E-state index contributed by atoms with van der Waals surface area (Å²) in [5, 5.41) is 6.38. The van der Waals surface area contributed by atoms with E-state index in [1.54, 1.807) is 30.3 Å². The number of amides is 5. The number of nitrogens with zero attached hydrogens (tertiary/aromatic N) is 1. The van der Waals surface area contributed by atoms with Crippen LogP contribution < -0.4 is 27.2 Å². The molecule has 3 aromatic rings. The third-order valence-corrected chi connectivity index (χ3v) is 7.63. The Balaban J connectivity index is 1.52. The maximum absolute atomic E-state index is 13.4. The standard InChI is InChI=1S/C33H40N6O5/c1-4-5-6-10-18-39-32(43)24-15-11-14-23-26(17-16-25(28(23)24)33(39)44)37-38-31(42)27(19-22-12-8-7-9-13-22)36-30(41)21(3)35-29(40)20(2)34/h7-9,11-17,20-21,27,37H,4-6,10,18-19,34H2,1-3H3,(H,35,40)(H,36,41)(H,38,42)/t20-,21-,27-/m0/s1. The minimum absolute atomic E-state index is 0.189. The lowest BCUT2D eigenvalue weighted by Gasteiger charge is -2.28. The number of imide groups is 1. The molecule has 0 saturated heterocycles. The van der Waals surface area contributed by atoms with E-state index in [2.05, 4.69) is 28.4 Å². The van der Waals surface area contributed by atoms with Crippen LogP contribution >= 0.6 is 0 Å². The summed E-state index contributed by atoms with van der Waals surface area (Å²) >= 11 is 0. The first-order chi connectivity index (χ1) is 21.1. The Morgan fingerprint density at radius 3 is 2.18 bits per heavy atom. The van der Waals surface area contributed by atoms with Gasteiger partial charge in [0.15, 0.2) is 0 Å². The molecule has 0 unspecified atom stereocenters. The van der Waals surface area contributed by atoms with E-state index in [1.165, 1.54) is 18.7 Å². The summed E-state index contributed by atoms with van der Waals surface area (Å²) in [7, 11) is 0. The molecule has 0 bridgehead atoms. The third-order valence-electron chi connectivity index (χ3n) is 7.63. The minimum atomic E-state index is -0.989. The fourth-order valence-electron chi connectivity index (χ4n) is 5.14. The van der Waals surface area contributed by atoms with Gasteiger partial charge in [-0.1, -0.05) is 68.7 Å². The molecule has 0 saturated carbocycles. The number of nitrogens with one attached hydrogen (secondary N) is 4. The molecule has 11 nitrogen and oxygen atoms in total. The van der Waals surface area contributed by atoms with Gasteiger partial charge < -0.3 is 16.4 Å². The molecule has 4 rings (SSSR count). The lowest BCUT2D eigenvalue weighted by molar-refractivity contribution is -0.131. The number of rotatable bonds is 14. The van der Waals surface area contributed by atoms with Gasteiger partial charge >= 0.3 is 0 Å². The zero-order valence-electron chi connectivity index (χ0n) is 25.3. The van der Waals surface area contributed by atoms with Crippen molar-refractivity contribution in [2.75, 3.05) is 12.0 Å². The van der Waals surface area contributed by atoms with Crippen LogP contribution in [0, 0.1) is 0 Å². The van der Waals surface area contributed by atoms with Gasteiger partial charge in [0.05, 0.1) is 11.7 Å². The van der Waals surface area contributed by atoms with Crippen LogP contribution in [-0.2, 0) is 20.8 Å². The fourth-order valence-corrected chi connectivity index (χ4v) is 5.14. The van der Waals surface area contributed by atoms with Gasteiger partial charge in [-0.05, 0) is 44.0 Å². The Morgan fingerprint density at radius 1 is 0.795 bits per heavy atom. The van der Waals surface area contributed by atoms with E-state index in [4.69, 9.17) is 5.73 Å². The average Bonchev–Trinajstić information content (AvgIpc) is 3.02. The largest absolute Gasteiger partial charge is 0.343 e. The molecule has 0 aliphatic carbocycles. The topological polar surface area (TPSA) is 163 Å². The van der Waals surface area contributed by atoms with Crippen LogP contribution in [0.25, 0.3) is 10.8 Å². The first kappa shape index (κ1) is 32.2. The SMILES string of the molecule is CCCCCCN1C(=O)c2cccc3c(NNC(=O)[C@H](Cc4ccccc4)NC(=O)[C@H](C)NC(=O)[C@H](C)N)ccc(c23)C1=O. The predicted molar refractivity (Wildman–Crippen MR) is 169 cm³/mol. The van der Waals surface area contributed by atoms with Crippen molar-refractivity contribution in [3.05, 3.63) is 77.4 Å². The summed E-state index contributed by atoms with van der Waals surface area (Å²) in [6.45, 7) is 5.49. The number of benzene rings is 3. The Bertz CT molecular complexity index is 1520. The highest BCUT2D eigenvalue weighted by Gasteiger charge is 2.33. The molecule has 11 heteroatoms. The number of nitrogens with two attached hydrogens (primary N) is 1. The maximum atomic E-state index is 13.4. The maximum Gasteiger partial charge on any atom is 0.261 e. The van der Waals surface area contributed by atoms with Crippen molar-refractivity contribution in [2.24, 2.45) is 5.73 Å². The zero-order chi connectivity index (χ0) is 31.8. The van der Waals surface area contributed by atoms with E-state index in [0.717, 1.165) is 31.2 Å². The third kappa shape index (κ3) is 7.41. The predicted octanol–water partition coefficient (Wildman–Crippen LogP) is 3.04. The first-order valence-corrected chi connectivity index (χ1v) is 15.0. The molecule has 1 aliphatic rings. The number of carbonyl (C=O) groups excluding carboxylic acids is 5. The highest BCUT2D eigenvalue weighted by Crippen LogP contribution is 2.34. The number of unbranched alkanes of at least 4 members (excludes halogenated alkanes) is 3. The van der Waals surface area contributed by atoms with E-state index in [9.17, 15) is 24.0 Å². The monoisotopic (exact) mass is 600 g/mol. The molecule has 0 fully saturated rings. The number of hydrazine groups is 1. The molecule has 0 spiro atoms. The quantitative estimate of drug-likeness (QED) is 0.108. The molecule has 0 aromatic heterocycles. The Labute approximate surface area is 256 Å². The van der Waals surface area contributed by atoms with Crippen molar-refractivity contribution in [3.8, 4) is 0 Å². The van der Waals surface area contributed by atoms with Crippen LogP contribution in [0.1, 0.15) is 72.7 Å². The van der Waals surface area contributed by atoms with Crippen LogP contribution in [0.2, 0.25) is 0 Å². The smallest absolute Gasteiger partial charge is 0.261 e. The van der Waals surface area contributed by atoms with Gasteiger partial charge in [0.1, 0.15) is 12.1 Å². The summed E-state index contributed by atoms with van der Waals surface area (Å²) in [6.07, 6.45) is 3.98. The normalized spacial score (nSPS) is 14.5. The molecule has 5 amide bonds. The van der Waals surface area contributed by atoms with Gasteiger partial charge in [-0.2, -0.15) is 0 Å². The second-order valence-electron chi connectivity index (χ2n) is 11.1. The lowest BCUT2D eigenvalue weighted by atomic mass is 9.93. The van der Waals surface area contributed by atoms with E-state index in [0.29, 0.717) is 34.1 Å². The van der Waals surface area contributed by atoms with Crippen LogP contribution in [0.5, 0.6) is 0 Å². The van der Waals surface area contributed by atoms with Crippen molar-refractivity contribution < 1.29 is 24.0 Å². The molecular weight excluding hydrogens is 560 g/mol. The van der Waals surface area contributed by atoms with Gasteiger partial charge in [-0.3, -0.25) is 39.7 Å². The van der Waals surface area contributed by atoms with Crippen molar-refractivity contribution in [2.45, 2.75) is 71.0 Å². The zero-order valence-corrected chi connectivity index (χ0v) is 25.3. The highest BCUT2D eigenvalue weighted by atomic mass is 16.2. The molecular formula is C33H40N6O5. The Hall–Kier alpha value is -4.77. The number of carbonyl (C=O) groups is 5. The van der Waals surface area contributed by atoms with E-state index in [-0.39, 0.29) is 18.2 Å². The lowest BCUT2D eigenvalue weighted by Crippen LogP contribution is -2.55. The van der Waals surface area contributed by atoms with Crippen molar-refractivity contribution in [3.63, 3.8) is 0 Å². The average molecular weight is 601 g/mol. The number of anilines is 1. The molecule has 1 heterocycles. The van der Waals surface area contributed by atoms with E-state index < -0.39 is 35.8 Å². The van der Waals surface area contributed by atoms with Crippen LogP contribution in [0.15, 0.2) is 60.7 Å². The van der Waals surface area contributed by atoms with Gasteiger partial charge in [-0.25, -0.2) is 0 Å². The summed E-state index contributed by atoms with van der Waals surface area (Å²) in [6, 6.07) is 15.1. The highest BCUT2D eigenvalue weighted by molar-refractivity contribution is 6.26. The molecule has 3 aromatic carbocycles. The molecule has 232 valence electrons. The van der Waals surface area contributed by atoms with Crippen LogP contribution in [0.4, 0.5) is 5.69 Å². The second-order valence-corrected chi connectivity index (χ2v) is 11.1. The number of hydrogen-bond donors (Lipinski definition) is 5.